The highest BCUT2D eigenvalue weighted by atomic mass is 35.5. The second-order valence-electron chi connectivity index (χ2n) is 3.27. The molecule has 4 heteroatoms. The fourth-order valence-electron chi connectivity index (χ4n) is 0.996. The Bertz CT molecular complexity index is 400. The molecule has 0 N–H and O–H groups in total. The summed E-state index contributed by atoms with van der Waals surface area (Å²) in [6.45, 7) is 0. The molecule has 0 spiro atoms. The van der Waals surface area contributed by atoms with Crippen LogP contribution in [0.5, 0.6) is 0 Å². The van der Waals surface area contributed by atoms with E-state index in [0.29, 0.717) is 15.6 Å². The molecule has 0 aliphatic heterocycles. The summed E-state index contributed by atoms with van der Waals surface area (Å²) in [4.78, 5) is 13.4. The lowest BCUT2D eigenvalue weighted by molar-refractivity contribution is 0.104. The summed E-state index contributed by atoms with van der Waals surface area (Å²) < 4.78 is 0. The summed E-state index contributed by atoms with van der Waals surface area (Å²) in [5.74, 6) is -0.134. The normalized spacial score (nSPS) is 10.7. The van der Waals surface area contributed by atoms with Gasteiger partial charge in [-0.2, -0.15) is 0 Å². The molecule has 0 fully saturated rings. The first-order valence-electron chi connectivity index (χ1n) is 4.34. The van der Waals surface area contributed by atoms with Crippen molar-refractivity contribution in [3.8, 4) is 0 Å². The zero-order chi connectivity index (χ0) is 11.4. The molecule has 0 atom stereocenters. The molecular formula is C11H11Cl2NO. The minimum atomic E-state index is -0.134. The molecule has 0 heterocycles. The molecule has 1 rings (SSSR count). The maximum absolute atomic E-state index is 11.6. The Balaban J connectivity index is 2.92. The van der Waals surface area contributed by atoms with Crippen LogP contribution in [0.3, 0.4) is 0 Å². The van der Waals surface area contributed by atoms with Gasteiger partial charge in [-0.05, 0) is 18.2 Å². The number of allylic oxidation sites excluding steroid dienone is 1. The van der Waals surface area contributed by atoms with Gasteiger partial charge >= 0.3 is 0 Å². The van der Waals surface area contributed by atoms with Crippen molar-refractivity contribution in [2.24, 2.45) is 0 Å². The van der Waals surface area contributed by atoms with Crippen LogP contribution < -0.4 is 0 Å². The molecule has 0 aliphatic carbocycles. The Morgan fingerprint density at radius 2 is 2.00 bits per heavy atom. The van der Waals surface area contributed by atoms with E-state index in [-0.39, 0.29) is 5.78 Å². The van der Waals surface area contributed by atoms with Crippen LogP contribution in [0.2, 0.25) is 10.0 Å². The molecule has 80 valence electrons. The van der Waals surface area contributed by atoms with Gasteiger partial charge in [0, 0.05) is 37.0 Å². The number of carbonyl (C=O) groups excluding carboxylic acids is 1. The van der Waals surface area contributed by atoms with Gasteiger partial charge in [0.05, 0.1) is 5.02 Å². The van der Waals surface area contributed by atoms with Gasteiger partial charge in [-0.25, -0.2) is 0 Å². The molecule has 1 aromatic rings. The third kappa shape index (κ3) is 3.57. The van der Waals surface area contributed by atoms with E-state index < -0.39 is 0 Å². The number of hydrogen-bond donors (Lipinski definition) is 0. The Labute approximate surface area is 99.1 Å². The van der Waals surface area contributed by atoms with Crippen molar-refractivity contribution in [3.05, 3.63) is 46.1 Å². The number of halogens is 2. The van der Waals surface area contributed by atoms with E-state index in [4.69, 9.17) is 23.2 Å². The van der Waals surface area contributed by atoms with Crippen molar-refractivity contribution >= 4 is 29.0 Å². The average molecular weight is 244 g/mol. The van der Waals surface area contributed by atoms with E-state index in [2.05, 4.69) is 0 Å². The minimum absolute atomic E-state index is 0.134. The van der Waals surface area contributed by atoms with Crippen molar-refractivity contribution in [1.82, 2.24) is 4.90 Å². The highest BCUT2D eigenvalue weighted by Crippen LogP contribution is 2.21. The standard InChI is InChI=1S/C11H11Cl2NO/c1-14(2)6-5-11(15)9-4-3-8(12)7-10(9)13/h3-7H,1-2H3/b6-5+. The fourth-order valence-corrected chi connectivity index (χ4v) is 1.50. The Hall–Kier alpha value is -0.990. The lowest BCUT2D eigenvalue weighted by Crippen LogP contribution is -2.03. The SMILES string of the molecule is CN(C)/C=C/C(=O)c1ccc(Cl)cc1Cl. The number of hydrogen-bond acceptors (Lipinski definition) is 2. The first-order valence-corrected chi connectivity index (χ1v) is 5.10. The molecule has 0 saturated heterocycles. The van der Waals surface area contributed by atoms with E-state index in [9.17, 15) is 4.79 Å². The largest absolute Gasteiger partial charge is 0.383 e. The molecule has 0 unspecified atom stereocenters. The zero-order valence-electron chi connectivity index (χ0n) is 8.50. The Morgan fingerprint density at radius 3 is 2.53 bits per heavy atom. The lowest BCUT2D eigenvalue weighted by atomic mass is 10.1. The topological polar surface area (TPSA) is 20.3 Å². The number of benzene rings is 1. The molecule has 0 radical (unpaired) electrons. The summed E-state index contributed by atoms with van der Waals surface area (Å²) in [5, 5.41) is 0.893. The van der Waals surface area contributed by atoms with Crippen LogP contribution in [0.25, 0.3) is 0 Å². The van der Waals surface area contributed by atoms with Crippen molar-refractivity contribution in [3.63, 3.8) is 0 Å². The molecule has 0 aromatic heterocycles. The third-order valence-electron chi connectivity index (χ3n) is 1.72. The maximum Gasteiger partial charge on any atom is 0.188 e. The number of nitrogens with zero attached hydrogens (tertiary/aromatic N) is 1. The lowest BCUT2D eigenvalue weighted by Gasteiger charge is -2.04. The van der Waals surface area contributed by atoms with Gasteiger partial charge < -0.3 is 4.90 Å². The summed E-state index contributed by atoms with van der Waals surface area (Å²) in [6.07, 6.45) is 3.14. The number of ketones is 1. The zero-order valence-corrected chi connectivity index (χ0v) is 10.0. The summed E-state index contributed by atoms with van der Waals surface area (Å²) in [7, 11) is 3.68. The predicted molar refractivity (Wildman–Crippen MR) is 63.6 cm³/mol. The van der Waals surface area contributed by atoms with Crippen LogP contribution in [-0.4, -0.2) is 24.8 Å². The first-order chi connectivity index (χ1) is 7.00. The average Bonchev–Trinajstić information content (AvgIpc) is 2.14. The molecule has 15 heavy (non-hydrogen) atoms. The van der Waals surface area contributed by atoms with E-state index in [1.54, 1.807) is 29.3 Å². The van der Waals surface area contributed by atoms with Crippen molar-refractivity contribution in [2.75, 3.05) is 14.1 Å². The van der Waals surface area contributed by atoms with Crippen molar-refractivity contribution in [2.45, 2.75) is 0 Å². The van der Waals surface area contributed by atoms with Crippen LogP contribution in [0.1, 0.15) is 10.4 Å². The van der Waals surface area contributed by atoms with E-state index in [0.717, 1.165) is 0 Å². The number of carbonyl (C=O) groups is 1. The van der Waals surface area contributed by atoms with Crippen LogP contribution in [-0.2, 0) is 0 Å². The monoisotopic (exact) mass is 243 g/mol. The highest BCUT2D eigenvalue weighted by Gasteiger charge is 2.07. The number of rotatable bonds is 3. The molecule has 0 aliphatic rings. The Kier molecular flexibility index (Phi) is 4.18. The van der Waals surface area contributed by atoms with Gasteiger partial charge in [-0.15, -0.1) is 0 Å². The smallest absolute Gasteiger partial charge is 0.188 e. The maximum atomic E-state index is 11.6. The first kappa shape index (κ1) is 12.1. The van der Waals surface area contributed by atoms with Gasteiger partial charge in [-0.3, -0.25) is 4.79 Å². The van der Waals surface area contributed by atoms with Crippen LogP contribution in [0.4, 0.5) is 0 Å². The van der Waals surface area contributed by atoms with Gasteiger partial charge in [-0.1, -0.05) is 23.2 Å². The second kappa shape index (κ2) is 5.19. The molecule has 0 bridgehead atoms. The van der Waals surface area contributed by atoms with Gasteiger partial charge in [0.1, 0.15) is 0 Å². The summed E-state index contributed by atoms with van der Waals surface area (Å²) >= 11 is 11.6. The van der Waals surface area contributed by atoms with E-state index in [1.807, 2.05) is 14.1 Å². The molecule has 0 amide bonds. The quantitative estimate of drug-likeness (QED) is 0.600. The molecule has 0 saturated carbocycles. The van der Waals surface area contributed by atoms with Gasteiger partial charge in [0.25, 0.3) is 0 Å². The van der Waals surface area contributed by atoms with Crippen molar-refractivity contribution in [1.29, 1.82) is 0 Å². The van der Waals surface area contributed by atoms with Gasteiger partial charge in [0.2, 0.25) is 0 Å². The van der Waals surface area contributed by atoms with Crippen molar-refractivity contribution < 1.29 is 4.79 Å². The Morgan fingerprint density at radius 1 is 1.33 bits per heavy atom. The molecule has 2 nitrogen and oxygen atoms in total. The molecular weight excluding hydrogens is 233 g/mol. The van der Waals surface area contributed by atoms with E-state index >= 15 is 0 Å². The van der Waals surface area contributed by atoms with Gasteiger partial charge in [0.15, 0.2) is 5.78 Å². The molecule has 1 aromatic carbocycles. The highest BCUT2D eigenvalue weighted by molar-refractivity contribution is 6.37. The van der Waals surface area contributed by atoms with Crippen LogP contribution in [0.15, 0.2) is 30.5 Å². The third-order valence-corrected chi connectivity index (χ3v) is 2.27. The van der Waals surface area contributed by atoms with Crippen LogP contribution in [0, 0.1) is 0 Å². The summed E-state index contributed by atoms with van der Waals surface area (Å²) in [5.41, 5.74) is 0.458. The predicted octanol–water partition coefficient (Wildman–Crippen LogP) is 3.25. The minimum Gasteiger partial charge on any atom is -0.383 e. The fraction of sp³-hybridized carbons (Fsp3) is 0.182. The van der Waals surface area contributed by atoms with Crippen LogP contribution >= 0.6 is 23.2 Å². The van der Waals surface area contributed by atoms with E-state index in [1.165, 1.54) is 6.08 Å². The summed E-state index contributed by atoms with van der Waals surface area (Å²) in [6, 6.07) is 4.82. The second-order valence-corrected chi connectivity index (χ2v) is 4.11.